The van der Waals surface area contributed by atoms with Crippen molar-refractivity contribution in [1.82, 2.24) is 15.6 Å². The molecule has 132 valence electrons. The standard InChI is InChI=1S/C19H23N3O3/c1-13(22-16-7-10-21-19(16)23)15-3-4-17(18(11-15)24-2)25-12-14-5-8-20-9-6-14/h3-6,8-9,11,13,16,22H,7,10,12H2,1-2H3,(H,21,23). The molecule has 1 saturated heterocycles. The molecule has 1 amide bonds. The van der Waals surface area contributed by atoms with Crippen LogP contribution in [0.25, 0.3) is 0 Å². The minimum absolute atomic E-state index is 0.0389. The summed E-state index contributed by atoms with van der Waals surface area (Å²) in [4.78, 5) is 15.7. The summed E-state index contributed by atoms with van der Waals surface area (Å²) in [6, 6.07) is 9.59. The van der Waals surface area contributed by atoms with E-state index in [0.29, 0.717) is 18.1 Å². The molecular weight excluding hydrogens is 318 g/mol. The van der Waals surface area contributed by atoms with Gasteiger partial charge in [0, 0.05) is 25.0 Å². The second kappa shape index (κ2) is 7.98. The van der Waals surface area contributed by atoms with Crippen LogP contribution in [0.1, 0.15) is 30.5 Å². The Hall–Kier alpha value is -2.60. The quantitative estimate of drug-likeness (QED) is 0.808. The predicted molar refractivity (Wildman–Crippen MR) is 94.5 cm³/mol. The van der Waals surface area contributed by atoms with E-state index in [-0.39, 0.29) is 18.0 Å². The molecule has 2 heterocycles. The molecule has 0 saturated carbocycles. The number of nitrogens with zero attached hydrogens (tertiary/aromatic N) is 1. The first-order chi connectivity index (χ1) is 12.2. The third kappa shape index (κ3) is 4.28. The van der Waals surface area contributed by atoms with Crippen LogP contribution < -0.4 is 20.1 Å². The minimum Gasteiger partial charge on any atom is -0.493 e. The van der Waals surface area contributed by atoms with Crippen LogP contribution in [0.3, 0.4) is 0 Å². The number of methoxy groups -OCH3 is 1. The number of benzene rings is 1. The van der Waals surface area contributed by atoms with Gasteiger partial charge in [-0.1, -0.05) is 6.07 Å². The van der Waals surface area contributed by atoms with Crippen molar-refractivity contribution in [3.05, 3.63) is 53.9 Å². The van der Waals surface area contributed by atoms with Crippen LogP contribution in [0.2, 0.25) is 0 Å². The fourth-order valence-electron chi connectivity index (χ4n) is 2.86. The molecular formula is C19H23N3O3. The summed E-state index contributed by atoms with van der Waals surface area (Å²) in [5, 5.41) is 6.20. The lowest BCUT2D eigenvalue weighted by Gasteiger charge is -2.19. The molecule has 0 spiro atoms. The number of pyridine rings is 1. The van der Waals surface area contributed by atoms with Gasteiger partial charge in [0.15, 0.2) is 11.5 Å². The maximum absolute atomic E-state index is 11.7. The summed E-state index contributed by atoms with van der Waals surface area (Å²) >= 11 is 0. The molecule has 2 atom stereocenters. The second-order valence-electron chi connectivity index (χ2n) is 6.08. The number of aromatic nitrogens is 1. The van der Waals surface area contributed by atoms with Gasteiger partial charge in [-0.2, -0.15) is 0 Å². The number of carbonyl (C=O) groups excluding carboxylic acids is 1. The Morgan fingerprint density at radius 1 is 1.28 bits per heavy atom. The largest absolute Gasteiger partial charge is 0.493 e. The highest BCUT2D eigenvalue weighted by Gasteiger charge is 2.25. The molecule has 25 heavy (non-hydrogen) atoms. The molecule has 2 unspecified atom stereocenters. The van der Waals surface area contributed by atoms with Crippen LogP contribution in [0.5, 0.6) is 11.5 Å². The number of amides is 1. The first-order valence-corrected chi connectivity index (χ1v) is 8.41. The Kier molecular flexibility index (Phi) is 5.50. The number of nitrogens with one attached hydrogen (secondary N) is 2. The van der Waals surface area contributed by atoms with E-state index in [1.54, 1.807) is 19.5 Å². The van der Waals surface area contributed by atoms with Crippen LogP contribution in [0, 0.1) is 0 Å². The molecule has 1 aliphatic heterocycles. The molecule has 1 fully saturated rings. The molecule has 3 rings (SSSR count). The zero-order valence-corrected chi connectivity index (χ0v) is 14.5. The fourth-order valence-corrected chi connectivity index (χ4v) is 2.86. The van der Waals surface area contributed by atoms with E-state index in [2.05, 4.69) is 15.6 Å². The molecule has 0 bridgehead atoms. The van der Waals surface area contributed by atoms with Crippen LogP contribution in [-0.2, 0) is 11.4 Å². The Balaban J connectivity index is 1.67. The van der Waals surface area contributed by atoms with E-state index in [1.807, 2.05) is 37.3 Å². The third-order valence-corrected chi connectivity index (χ3v) is 4.33. The Bertz CT molecular complexity index is 721. The van der Waals surface area contributed by atoms with Gasteiger partial charge < -0.3 is 14.8 Å². The van der Waals surface area contributed by atoms with Crippen molar-refractivity contribution in [2.45, 2.75) is 32.0 Å². The zero-order chi connectivity index (χ0) is 17.6. The van der Waals surface area contributed by atoms with Gasteiger partial charge in [-0.25, -0.2) is 0 Å². The topological polar surface area (TPSA) is 72.5 Å². The molecule has 1 aromatic heterocycles. The minimum atomic E-state index is -0.136. The predicted octanol–water partition coefficient (Wildman–Crippen LogP) is 2.21. The van der Waals surface area contributed by atoms with Crippen molar-refractivity contribution >= 4 is 5.91 Å². The highest BCUT2D eigenvalue weighted by atomic mass is 16.5. The van der Waals surface area contributed by atoms with Gasteiger partial charge in [-0.15, -0.1) is 0 Å². The van der Waals surface area contributed by atoms with Crippen molar-refractivity contribution in [3.63, 3.8) is 0 Å². The molecule has 6 nitrogen and oxygen atoms in total. The van der Waals surface area contributed by atoms with Gasteiger partial charge in [-0.05, 0) is 48.7 Å². The van der Waals surface area contributed by atoms with Gasteiger partial charge in [0.1, 0.15) is 6.61 Å². The van der Waals surface area contributed by atoms with E-state index in [4.69, 9.17) is 9.47 Å². The lowest BCUT2D eigenvalue weighted by Crippen LogP contribution is -2.37. The van der Waals surface area contributed by atoms with E-state index in [9.17, 15) is 4.79 Å². The molecule has 0 aliphatic carbocycles. The summed E-state index contributed by atoms with van der Waals surface area (Å²) in [7, 11) is 1.63. The van der Waals surface area contributed by atoms with Crippen LogP contribution in [0.4, 0.5) is 0 Å². The summed E-state index contributed by atoms with van der Waals surface area (Å²) in [5.41, 5.74) is 2.09. The second-order valence-corrected chi connectivity index (χ2v) is 6.08. The molecule has 2 N–H and O–H groups in total. The Labute approximate surface area is 147 Å². The maximum atomic E-state index is 11.7. The van der Waals surface area contributed by atoms with Crippen molar-refractivity contribution in [2.24, 2.45) is 0 Å². The fraction of sp³-hybridized carbons (Fsp3) is 0.368. The maximum Gasteiger partial charge on any atom is 0.237 e. The molecule has 6 heteroatoms. The highest BCUT2D eigenvalue weighted by molar-refractivity contribution is 5.83. The first-order valence-electron chi connectivity index (χ1n) is 8.41. The number of hydrogen-bond donors (Lipinski definition) is 2. The lowest BCUT2D eigenvalue weighted by molar-refractivity contribution is -0.121. The summed E-state index contributed by atoms with van der Waals surface area (Å²) in [5.74, 6) is 1.43. The zero-order valence-electron chi connectivity index (χ0n) is 14.5. The third-order valence-electron chi connectivity index (χ3n) is 4.33. The van der Waals surface area contributed by atoms with E-state index in [0.717, 1.165) is 24.1 Å². The van der Waals surface area contributed by atoms with Gasteiger partial charge in [0.2, 0.25) is 5.91 Å². The van der Waals surface area contributed by atoms with Gasteiger partial charge in [-0.3, -0.25) is 15.1 Å². The first kappa shape index (κ1) is 17.2. The van der Waals surface area contributed by atoms with Crippen LogP contribution in [-0.4, -0.2) is 30.6 Å². The van der Waals surface area contributed by atoms with Crippen molar-refractivity contribution in [1.29, 1.82) is 0 Å². The molecule has 1 aliphatic rings. The van der Waals surface area contributed by atoms with Crippen molar-refractivity contribution in [2.75, 3.05) is 13.7 Å². The van der Waals surface area contributed by atoms with E-state index >= 15 is 0 Å². The molecule has 1 aromatic carbocycles. The lowest BCUT2D eigenvalue weighted by atomic mass is 10.1. The van der Waals surface area contributed by atoms with Crippen molar-refractivity contribution in [3.8, 4) is 11.5 Å². The van der Waals surface area contributed by atoms with Gasteiger partial charge in [0.25, 0.3) is 0 Å². The number of hydrogen-bond acceptors (Lipinski definition) is 5. The van der Waals surface area contributed by atoms with Gasteiger partial charge >= 0.3 is 0 Å². The smallest absolute Gasteiger partial charge is 0.237 e. The monoisotopic (exact) mass is 341 g/mol. The number of carbonyl (C=O) groups is 1. The van der Waals surface area contributed by atoms with E-state index < -0.39 is 0 Å². The van der Waals surface area contributed by atoms with Crippen LogP contribution >= 0.6 is 0 Å². The van der Waals surface area contributed by atoms with Crippen LogP contribution in [0.15, 0.2) is 42.7 Å². The SMILES string of the molecule is COc1cc(C(C)NC2CCNC2=O)ccc1OCc1ccncc1. The Morgan fingerprint density at radius 3 is 2.76 bits per heavy atom. The number of rotatable bonds is 7. The average Bonchev–Trinajstić information content (AvgIpc) is 3.05. The molecule has 2 aromatic rings. The van der Waals surface area contributed by atoms with Gasteiger partial charge in [0.05, 0.1) is 13.2 Å². The summed E-state index contributed by atoms with van der Waals surface area (Å²) < 4.78 is 11.3. The Morgan fingerprint density at radius 2 is 2.08 bits per heavy atom. The summed E-state index contributed by atoms with van der Waals surface area (Å²) in [6.07, 6.45) is 4.30. The summed E-state index contributed by atoms with van der Waals surface area (Å²) in [6.45, 7) is 3.22. The molecule has 0 radical (unpaired) electrons. The normalized spacial score (nSPS) is 17.8. The highest BCUT2D eigenvalue weighted by Crippen LogP contribution is 2.31. The van der Waals surface area contributed by atoms with Crippen molar-refractivity contribution < 1.29 is 14.3 Å². The number of ether oxygens (including phenoxy) is 2. The average molecular weight is 341 g/mol. The van der Waals surface area contributed by atoms with E-state index in [1.165, 1.54) is 0 Å².